The molecular formula is C15H20FN3O. The number of aromatic nitrogens is 2. The second kappa shape index (κ2) is 6.52. The van der Waals surface area contributed by atoms with Crippen molar-refractivity contribution in [1.29, 1.82) is 0 Å². The molecule has 108 valence electrons. The van der Waals surface area contributed by atoms with E-state index in [1.54, 1.807) is 18.3 Å². The highest BCUT2D eigenvalue weighted by atomic mass is 19.1. The summed E-state index contributed by atoms with van der Waals surface area (Å²) in [6, 6.07) is 6.61. The lowest BCUT2D eigenvalue weighted by Gasteiger charge is -2.19. The van der Waals surface area contributed by atoms with Crippen molar-refractivity contribution < 1.29 is 9.13 Å². The molecular weight excluding hydrogens is 257 g/mol. The van der Waals surface area contributed by atoms with Crippen molar-refractivity contribution in [3.8, 4) is 5.75 Å². The fourth-order valence-corrected chi connectivity index (χ4v) is 2.32. The summed E-state index contributed by atoms with van der Waals surface area (Å²) in [6.45, 7) is 2.91. The summed E-state index contributed by atoms with van der Waals surface area (Å²) >= 11 is 0. The summed E-state index contributed by atoms with van der Waals surface area (Å²) in [6.07, 6.45) is 2.73. The molecule has 20 heavy (non-hydrogen) atoms. The molecule has 0 amide bonds. The first kappa shape index (κ1) is 14.5. The van der Waals surface area contributed by atoms with Crippen molar-refractivity contribution >= 4 is 0 Å². The summed E-state index contributed by atoms with van der Waals surface area (Å²) in [4.78, 5) is 0. The van der Waals surface area contributed by atoms with Crippen LogP contribution in [0.15, 0.2) is 30.5 Å². The van der Waals surface area contributed by atoms with Crippen LogP contribution in [-0.4, -0.2) is 23.9 Å². The van der Waals surface area contributed by atoms with Crippen molar-refractivity contribution in [3.63, 3.8) is 0 Å². The molecule has 0 spiro atoms. The van der Waals surface area contributed by atoms with E-state index in [0.717, 1.165) is 18.7 Å². The quantitative estimate of drug-likeness (QED) is 0.882. The third-order valence-corrected chi connectivity index (χ3v) is 3.29. The number of methoxy groups -OCH3 is 1. The number of nitrogens with zero attached hydrogens (tertiary/aromatic N) is 2. The van der Waals surface area contributed by atoms with Crippen LogP contribution < -0.4 is 10.1 Å². The average molecular weight is 277 g/mol. The zero-order chi connectivity index (χ0) is 14.5. The van der Waals surface area contributed by atoms with E-state index in [2.05, 4.69) is 17.3 Å². The number of rotatable bonds is 6. The molecule has 0 aliphatic carbocycles. The Hall–Kier alpha value is -1.88. The second-order valence-corrected chi connectivity index (χ2v) is 4.59. The summed E-state index contributed by atoms with van der Waals surface area (Å²) in [5.41, 5.74) is 1.55. The summed E-state index contributed by atoms with van der Waals surface area (Å²) in [5, 5.41) is 7.45. The predicted octanol–water partition coefficient (Wildman–Crippen LogP) is 2.75. The Morgan fingerprint density at radius 2 is 2.20 bits per heavy atom. The molecule has 0 saturated carbocycles. The van der Waals surface area contributed by atoms with Gasteiger partial charge in [-0.15, -0.1) is 0 Å². The van der Waals surface area contributed by atoms with Crippen molar-refractivity contribution in [2.75, 3.05) is 14.2 Å². The van der Waals surface area contributed by atoms with E-state index in [1.165, 1.54) is 13.2 Å². The molecule has 1 heterocycles. The lowest BCUT2D eigenvalue weighted by Crippen LogP contribution is -2.22. The van der Waals surface area contributed by atoms with Crippen LogP contribution in [-0.2, 0) is 6.54 Å². The molecule has 1 aromatic heterocycles. The topological polar surface area (TPSA) is 39.1 Å². The largest absolute Gasteiger partial charge is 0.497 e. The van der Waals surface area contributed by atoms with Gasteiger partial charge in [0.2, 0.25) is 0 Å². The SMILES string of the molecule is CCCn1nccc1C(NC)c1ccc(OC)cc1F. The number of nitrogens with one attached hydrogen (secondary N) is 1. The van der Waals surface area contributed by atoms with E-state index in [4.69, 9.17) is 4.74 Å². The predicted molar refractivity (Wildman–Crippen MR) is 76.4 cm³/mol. The third kappa shape index (κ3) is 2.82. The first-order chi connectivity index (χ1) is 9.71. The highest BCUT2D eigenvalue weighted by Crippen LogP contribution is 2.26. The van der Waals surface area contributed by atoms with Gasteiger partial charge in [-0.2, -0.15) is 5.10 Å². The molecule has 0 bridgehead atoms. The third-order valence-electron chi connectivity index (χ3n) is 3.29. The van der Waals surface area contributed by atoms with Gasteiger partial charge in [0.25, 0.3) is 0 Å². The Morgan fingerprint density at radius 3 is 2.80 bits per heavy atom. The van der Waals surface area contributed by atoms with Crippen molar-refractivity contribution in [3.05, 3.63) is 47.5 Å². The molecule has 4 nitrogen and oxygen atoms in total. The van der Waals surface area contributed by atoms with Gasteiger partial charge in [-0.3, -0.25) is 4.68 Å². The van der Waals surface area contributed by atoms with Crippen LogP contribution in [0.4, 0.5) is 4.39 Å². The Morgan fingerprint density at radius 1 is 1.40 bits per heavy atom. The summed E-state index contributed by atoms with van der Waals surface area (Å²) in [7, 11) is 3.35. The van der Waals surface area contributed by atoms with Crippen LogP contribution in [0.25, 0.3) is 0 Å². The Balaban J connectivity index is 2.39. The maximum absolute atomic E-state index is 14.2. The van der Waals surface area contributed by atoms with Crippen molar-refractivity contribution in [2.24, 2.45) is 0 Å². The van der Waals surface area contributed by atoms with Crippen LogP contribution in [0.3, 0.4) is 0 Å². The molecule has 0 fully saturated rings. The molecule has 0 saturated heterocycles. The highest BCUT2D eigenvalue weighted by molar-refractivity contribution is 5.34. The van der Waals surface area contributed by atoms with Gasteiger partial charge in [-0.05, 0) is 25.6 Å². The van der Waals surface area contributed by atoms with Gasteiger partial charge >= 0.3 is 0 Å². The minimum atomic E-state index is -0.284. The summed E-state index contributed by atoms with van der Waals surface area (Å²) < 4.78 is 21.2. The van der Waals surface area contributed by atoms with Crippen LogP contribution in [0.2, 0.25) is 0 Å². The molecule has 0 aliphatic heterocycles. The van der Waals surface area contributed by atoms with Crippen LogP contribution in [0.1, 0.15) is 30.6 Å². The molecule has 1 aromatic carbocycles. The zero-order valence-electron chi connectivity index (χ0n) is 12.1. The second-order valence-electron chi connectivity index (χ2n) is 4.59. The standard InChI is InChI=1S/C15H20FN3O/c1-4-9-19-14(7-8-18-19)15(17-2)12-6-5-11(20-3)10-13(12)16/h5-8,10,15,17H,4,9H2,1-3H3. The lowest BCUT2D eigenvalue weighted by molar-refractivity contribution is 0.409. The lowest BCUT2D eigenvalue weighted by atomic mass is 10.0. The fraction of sp³-hybridized carbons (Fsp3) is 0.400. The minimum absolute atomic E-state index is 0.227. The maximum atomic E-state index is 14.2. The number of aryl methyl sites for hydroxylation is 1. The van der Waals surface area contributed by atoms with E-state index in [1.807, 2.05) is 17.8 Å². The van der Waals surface area contributed by atoms with Crippen molar-refractivity contribution in [2.45, 2.75) is 25.9 Å². The fourth-order valence-electron chi connectivity index (χ4n) is 2.32. The molecule has 1 N–H and O–H groups in total. The maximum Gasteiger partial charge on any atom is 0.132 e. The summed E-state index contributed by atoms with van der Waals surface area (Å²) in [5.74, 6) is 0.233. The number of ether oxygens (including phenoxy) is 1. The molecule has 2 aromatic rings. The molecule has 2 rings (SSSR count). The molecule has 5 heteroatoms. The van der Waals surface area contributed by atoms with E-state index in [-0.39, 0.29) is 11.9 Å². The smallest absolute Gasteiger partial charge is 0.132 e. The monoisotopic (exact) mass is 277 g/mol. The average Bonchev–Trinajstić information content (AvgIpc) is 2.90. The minimum Gasteiger partial charge on any atom is -0.497 e. The van der Waals surface area contributed by atoms with Crippen LogP contribution >= 0.6 is 0 Å². The molecule has 1 atom stereocenters. The van der Waals surface area contributed by atoms with Gasteiger partial charge in [-0.25, -0.2) is 4.39 Å². The number of hydrogen-bond donors (Lipinski definition) is 1. The van der Waals surface area contributed by atoms with E-state index >= 15 is 0 Å². The number of hydrogen-bond acceptors (Lipinski definition) is 3. The van der Waals surface area contributed by atoms with E-state index < -0.39 is 0 Å². The molecule has 0 aliphatic rings. The van der Waals surface area contributed by atoms with Crippen molar-refractivity contribution in [1.82, 2.24) is 15.1 Å². The Labute approximate surface area is 118 Å². The van der Waals surface area contributed by atoms with Gasteiger partial charge < -0.3 is 10.1 Å². The normalized spacial score (nSPS) is 12.4. The van der Waals surface area contributed by atoms with Crippen LogP contribution in [0.5, 0.6) is 5.75 Å². The first-order valence-corrected chi connectivity index (χ1v) is 6.73. The van der Waals surface area contributed by atoms with E-state index in [9.17, 15) is 4.39 Å². The number of halogens is 1. The van der Waals surface area contributed by atoms with Gasteiger partial charge in [-0.1, -0.05) is 13.0 Å². The Kier molecular flexibility index (Phi) is 4.74. The molecule has 1 unspecified atom stereocenters. The highest BCUT2D eigenvalue weighted by Gasteiger charge is 2.20. The Bertz CT molecular complexity index is 568. The van der Waals surface area contributed by atoms with Gasteiger partial charge in [0, 0.05) is 24.4 Å². The van der Waals surface area contributed by atoms with Gasteiger partial charge in [0.05, 0.1) is 18.8 Å². The molecule has 0 radical (unpaired) electrons. The van der Waals surface area contributed by atoms with E-state index in [0.29, 0.717) is 11.3 Å². The van der Waals surface area contributed by atoms with Crippen LogP contribution in [0, 0.1) is 5.82 Å². The van der Waals surface area contributed by atoms with Gasteiger partial charge in [0.1, 0.15) is 11.6 Å². The zero-order valence-corrected chi connectivity index (χ0v) is 12.1. The first-order valence-electron chi connectivity index (χ1n) is 6.73. The number of benzene rings is 1. The van der Waals surface area contributed by atoms with Gasteiger partial charge in [0.15, 0.2) is 0 Å².